The minimum Gasteiger partial charge on any atom is -0.326 e. The Hall–Kier alpha value is -2.41. The smallest absolute Gasteiger partial charge is 0.326 e. The fourth-order valence-electron chi connectivity index (χ4n) is 4.51. The number of urea groups is 1. The number of carbonyl (C=O) groups excluding carboxylic acids is 2. The van der Waals surface area contributed by atoms with Crippen LogP contribution in [0.3, 0.4) is 0 Å². The number of allylic oxidation sites excluding steroid dienone is 1. The highest BCUT2D eigenvalue weighted by molar-refractivity contribution is 6.28. The number of rotatable bonds is 5. The van der Waals surface area contributed by atoms with Gasteiger partial charge in [-0.25, -0.2) is 9.69 Å². The van der Waals surface area contributed by atoms with Crippen LogP contribution in [0.2, 0.25) is 0 Å². The fourth-order valence-corrected chi connectivity index (χ4v) is 4.51. The minimum absolute atomic E-state index is 0. The van der Waals surface area contributed by atoms with E-state index < -0.39 is 0 Å². The molecule has 0 unspecified atom stereocenters. The van der Waals surface area contributed by atoms with E-state index in [2.05, 4.69) is 13.8 Å². The van der Waals surface area contributed by atoms with Crippen LogP contribution in [-0.4, -0.2) is 28.4 Å². The van der Waals surface area contributed by atoms with Crippen LogP contribution < -0.4 is 10.6 Å². The monoisotopic (exact) mass is 490 g/mol. The maximum Gasteiger partial charge on any atom is 0.336 e. The van der Waals surface area contributed by atoms with Crippen LogP contribution in [0.25, 0.3) is 11.1 Å². The van der Waals surface area contributed by atoms with E-state index >= 15 is 0 Å². The number of pyridine rings is 1. The Labute approximate surface area is 208 Å². The Morgan fingerprint density at radius 3 is 2.33 bits per heavy atom. The molecule has 0 saturated carbocycles. The summed E-state index contributed by atoms with van der Waals surface area (Å²) in [5.74, 6) is 0.130. The number of nitrogens with two attached hydrogens (primary N) is 1. The van der Waals surface area contributed by atoms with Crippen LogP contribution >= 0.6 is 24.8 Å². The number of anilines is 1. The molecule has 1 aromatic carbocycles. The van der Waals surface area contributed by atoms with E-state index in [1.807, 2.05) is 44.2 Å². The zero-order chi connectivity index (χ0) is 22.3. The molecule has 0 radical (unpaired) electrons. The summed E-state index contributed by atoms with van der Waals surface area (Å²) in [6.45, 7) is 9.06. The number of aromatic nitrogens is 1. The first-order chi connectivity index (χ1) is 14.8. The van der Waals surface area contributed by atoms with E-state index in [4.69, 9.17) is 10.7 Å². The SMILES string of the molecule is Cc1ccc(-c2c(CN)c(CC(C)C)nc(C)c2N2C(=O)C3=CCCCN3C2=O)cc1.Cl.Cl. The van der Waals surface area contributed by atoms with Gasteiger partial charge in [-0.2, -0.15) is 0 Å². The summed E-state index contributed by atoms with van der Waals surface area (Å²) in [5.41, 5.74) is 12.7. The summed E-state index contributed by atoms with van der Waals surface area (Å²) < 4.78 is 0. The number of imide groups is 1. The minimum atomic E-state index is -0.297. The Kier molecular flexibility index (Phi) is 8.69. The van der Waals surface area contributed by atoms with Crippen LogP contribution in [0.4, 0.5) is 10.5 Å². The van der Waals surface area contributed by atoms with Gasteiger partial charge in [0.1, 0.15) is 5.70 Å². The molecule has 1 aromatic heterocycles. The van der Waals surface area contributed by atoms with E-state index in [0.29, 0.717) is 29.5 Å². The number of halogens is 2. The molecule has 33 heavy (non-hydrogen) atoms. The molecule has 1 fully saturated rings. The van der Waals surface area contributed by atoms with Crippen LogP contribution in [0.1, 0.15) is 49.2 Å². The van der Waals surface area contributed by atoms with E-state index in [-0.39, 0.29) is 43.3 Å². The fraction of sp³-hybridized carbons (Fsp3) is 0.400. The lowest BCUT2D eigenvalue weighted by Crippen LogP contribution is -2.35. The molecule has 0 atom stereocenters. The van der Waals surface area contributed by atoms with Crippen LogP contribution in [0.15, 0.2) is 36.0 Å². The van der Waals surface area contributed by atoms with Crippen molar-refractivity contribution in [2.45, 2.75) is 53.5 Å². The highest BCUT2D eigenvalue weighted by atomic mass is 35.5. The average Bonchev–Trinajstić information content (AvgIpc) is 2.99. The molecule has 4 rings (SSSR count). The van der Waals surface area contributed by atoms with Crippen molar-refractivity contribution in [3.05, 3.63) is 58.6 Å². The number of hydrogen-bond donors (Lipinski definition) is 1. The summed E-state index contributed by atoms with van der Waals surface area (Å²) in [7, 11) is 0. The zero-order valence-electron chi connectivity index (χ0n) is 19.6. The van der Waals surface area contributed by atoms with Gasteiger partial charge in [0, 0.05) is 24.3 Å². The molecule has 2 aliphatic rings. The lowest BCUT2D eigenvalue weighted by atomic mass is 9.92. The van der Waals surface area contributed by atoms with Crippen LogP contribution in [0.5, 0.6) is 0 Å². The van der Waals surface area contributed by atoms with Crippen LogP contribution in [-0.2, 0) is 17.8 Å². The molecule has 0 bridgehead atoms. The Bertz CT molecular complexity index is 1080. The van der Waals surface area contributed by atoms with Crippen molar-refractivity contribution in [3.8, 4) is 11.1 Å². The molecular weight excluding hydrogens is 459 g/mol. The first-order valence-electron chi connectivity index (χ1n) is 11.0. The van der Waals surface area contributed by atoms with Crippen molar-refractivity contribution in [2.75, 3.05) is 11.4 Å². The predicted octanol–water partition coefficient (Wildman–Crippen LogP) is 5.31. The van der Waals surface area contributed by atoms with E-state index in [1.165, 1.54) is 4.90 Å². The van der Waals surface area contributed by atoms with Gasteiger partial charge in [0.25, 0.3) is 5.91 Å². The number of fused-ring (bicyclic) bond motifs is 1. The normalized spacial score (nSPS) is 15.3. The maximum atomic E-state index is 13.3. The van der Waals surface area contributed by atoms with E-state index in [1.54, 1.807) is 4.90 Å². The highest BCUT2D eigenvalue weighted by Gasteiger charge is 2.44. The Balaban J connectivity index is 0.00000193. The zero-order valence-corrected chi connectivity index (χ0v) is 21.2. The molecule has 3 heterocycles. The quantitative estimate of drug-likeness (QED) is 0.575. The lowest BCUT2D eigenvalue weighted by Gasteiger charge is -2.25. The van der Waals surface area contributed by atoms with Gasteiger partial charge in [-0.1, -0.05) is 49.8 Å². The van der Waals surface area contributed by atoms with Gasteiger partial charge in [0.2, 0.25) is 0 Å². The Morgan fingerprint density at radius 1 is 1.09 bits per heavy atom. The molecule has 1 saturated heterocycles. The number of amides is 3. The number of carbonyl (C=O) groups is 2. The summed E-state index contributed by atoms with van der Waals surface area (Å²) in [6, 6.07) is 7.84. The number of benzene rings is 1. The molecule has 3 amide bonds. The van der Waals surface area contributed by atoms with Crippen LogP contribution in [0, 0.1) is 19.8 Å². The molecule has 2 aliphatic heterocycles. The van der Waals surface area contributed by atoms with Crippen molar-refractivity contribution in [1.29, 1.82) is 0 Å². The Morgan fingerprint density at radius 2 is 1.76 bits per heavy atom. The second-order valence-corrected chi connectivity index (χ2v) is 8.82. The van der Waals surface area contributed by atoms with Gasteiger partial charge < -0.3 is 5.73 Å². The third-order valence-electron chi connectivity index (χ3n) is 5.96. The number of nitrogens with zero attached hydrogens (tertiary/aromatic N) is 3. The topological polar surface area (TPSA) is 79.5 Å². The van der Waals surface area contributed by atoms with Crippen molar-refractivity contribution >= 4 is 42.4 Å². The molecule has 8 heteroatoms. The highest BCUT2D eigenvalue weighted by Crippen LogP contribution is 2.41. The maximum absolute atomic E-state index is 13.3. The van der Waals surface area contributed by atoms with Crippen molar-refractivity contribution < 1.29 is 9.59 Å². The molecule has 2 aromatic rings. The predicted molar refractivity (Wildman–Crippen MR) is 137 cm³/mol. The van der Waals surface area contributed by atoms with Gasteiger partial charge in [-0.15, -0.1) is 24.8 Å². The first kappa shape index (κ1) is 26.8. The average molecular weight is 491 g/mol. The standard InChI is InChI=1S/C25H30N4O2.2ClH/c1-15(2)13-20-19(14-26)22(18-10-8-16(3)9-11-18)23(17(4)27-20)29-24(30)21-7-5-6-12-28(21)25(29)31;;/h7-11,15H,5-6,12-14,26H2,1-4H3;2*1H. The third-order valence-corrected chi connectivity index (χ3v) is 5.96. The largest absolute Gasteiger partial charge is 0.336 e. The second kappa shape index (κ2) is 10.7. The van der Waals surface area contributed by atoms with Crippen molar-refractivity contribution in [1.82, 2.24) is 9.88 Å². The van der Waals surface area contributed by atoms with Gasteiger partial charge >= 0.3 is 6.03 Å². The van der Waals surface area contributed by atoms with E-state index in [9.17, 15) is 9.59 Å². The molecule has 6 nitrogen and oxygen atoms in total. The summed E-state index contributed by atoms with van der Waals surface area (Å²) in [5, 5.41) is 0. The van der Waals surface area contributed by atoms with Crippen molar-refractivity contribution in [3.63, 3.8) is 0 Å². The van der Waals surface area contributed by atoms with E-state index in [0.717, 1.165) is 47.2 Å². The molecule has 2 N–H and O–H groups in total. The molecule has 0 spiro atoms. The van der Waals surface area contributed by atoms with Gasteiger partial charge in [0.05, 0.1) is 11.4 Å². The number of aryl methyl sites for hydroxylation is 2. The summed E-state index contributed by atoms with van der Waals surface area (Å²) >= 11 is 0. The summed E-state index contributed by atoms with van der Waals surface area (Å²) in [4.78, 5) is 34.4. The lowest BCUT2D eigenvalue weighted by molar-refractivity contribution is -0.114. The van der Waals surface area contributed by atoms with Gasteiger partial charge in [0.15, 0.2) is 0 Å². The van der Waals surface area contributed by atoms with Gasteiger partial charge in [-0.05, 0) is 50.2 Å². The number of hydrogen-bond acceptors (Lipinski definition) is 4. The summed E-state index contributed by atoms with van der Waals surface area (Å²) in [6.07, 6.45) is 4.32. The van der Waals surface area contributed by atoms with Gasteiger partial charge in [-0.3, -0.25) is 14.7 Å². The molecule has 178 valence electrons. The second-order valence-electron chi connectivity index (χ2n) is 8.82. The third kappa shape index (κ3) is 4.79. The molecular formula is C25H32Cl2N4O2. The first-order valence-corrected chi connectivity index (χ1v) is 11.0. The van der Waals surface area contributed by atoms with Crippen molar-refractivity contribution in [2.24, 2.45) is 11.7 Å². The molecule has 0 aliphatic carbocycles.